The van der Waals surface area contributed by atoms with Crippen molar-refractivity contribution in [1.82, 2.24) is 39.9 Å². The molecule has 0 bridgehead atoms. The van der Waals surface area contributed by atoms with Gasteiger partial charge in [-0.05, 0) is 36.4 Å². The number of hydrogen-bond donors (Lipinski definition) is 2. The molecule has 4 fully saturated rings. The van der Waals surface area contributed by atoms with E-state index in [1.165, 1.54) is 39.1 Å². The average Bonchev–Trinajstić information content (AvgIpc) is 3.12. The molecule has 15 heteroatoms. The molecule has 0 saturated carbocycles. The highest BCUT2D eigenvalue weighted by Gasteiger charge is 2.51. The molecule has 3 aromatic rings. The fraction of sp³-hybridized carbons (Fsp3) is 0.421. The number of carbonyl (C=O) groups excluding carboxylic acids is 3. The number of hydrazine groups is 1. The quantitative estimate of drug-likeness (QED) is 0.303. The number of carbonyl (C=O) groups is 3. The summed E-state index contributed by atoms with van der Waals surface area (Å²) in [5.41, 5.74) is 1.43. The number of piperazine rings is 2. The van der Waals surface area contributed by atoms with Crippen LogP contribution in [0.4, 0.5) is 19.4 Å². The van der Waals surface area contributed by atoms with Crippen molar-refractivity contribution < 1.29 is 28.3 Å². The van der Waals surface area contributed by atoms with Gasteiger partial charge >= 0.3 is 6.03 Å². The van der Waals surface area contributed by atoms with Gasteiger partial charge in [-0.1, -0.05) is 42.5 Å². The summed E-state index contributed by atoms with van der Waals surface area (Å²) in [6.07, 6.45) is 0.423. The lowest BCUT2D eigenvalue weighted by Crippen LogP contribution is -2.76. The molecular weight excluding hydrogens is 684 g/mol. The van der Waals surface area contributed by atoms with Crippen LogP contribution in [-0.4, -0.2) is 142 Å². The fourth-order valence-corrected chi connectivity index (χ4v) is 7.63. The van der Waals surface area contributed by atoms with E-state index >= 15 is 8.78 Å². The summed E-state index contributed by atoms with van der Waals surface area (Å²) in [7, 11) is 2.11. The third-order valence-corrected chi connectivity index (χ3v) is 10.6. The largest absolute Gasteiger partial charge is 0.508 e. The maximum Gasteiger partial charge on any atom is 0.334 e. The van der Waals surface area contributed by atoms with Crippen molar-refractivity contribution in [2.45, 2.75) is 37.8 Å². The molecule has 2 N–H and O–H groups in total. The first kappa shape index (κ1) is 36.2. The molecule has 4 aliphatic heterocycles. The number of aromatic nitrogens is 1. The Balaban J connectivity index is 1.16. The van der Waals surface area contributed by atoms with Crippen molar-refractivity contribution in [3.63, 3.8) is 0 Å². The maximum atomic E-state index is 15.2. The zero-order chi connectivity index (χ0) is 37.2. The smallest absolute Gasteiger partial charge is 0.334 e. The summed E-state index contributed by atoms with van der Waals surface area (Å²) in [6, 6.07) is 14.6. The van der Waals surface area contributed by atoms with Crippen LogP contribution in [-0.2, 0) is 29.1 Å². The molecule has 2 atom stereocenters. The SMILES string of the molecule is C=CCN1CC(=O)N2C(Cc3ccc(O)cc3F)C(=O)N(Cc3ccc(F)c(N4CC(N5CCN(C)CC5)C4)n3)CC2N1C(=O)NCc1ccccc1. The van der Waals surface area contributed by atoms with Crippen molar-refractivity contribution in [1.29, 1.82) is 0 Å². The number of phenols is 1. The summed E-state index contributed by atoms with van der Waals surface area (Å²) in [5.74, 6) is -2.11. The predicted molar refractivity (Wildman–Crippen MR) is 193 cm³/mol. The monoisotopic (exact) mass is 729 g/mol. The highest BCUT2D eigenvalue weighted by atomic mass is 19.1. The third-order valence-electron chi connectivity index (χ3n) is 10.6. The number of likely N-dealkylation sites (N-methyl/N-ethyl adjacent to an activating group) is 1. The van der Waals surface area contributed by atoms with Gasteiger partial charge in [-0.3, -0.25) is 14.5 Å². The number of aromatic hydroxyl groups is 1. The molecule has 0 spiro atoms. The van der Waals surface area contributed by atoms with Crippen LogP contribution < -0.4 is 10.2 Å². The van der Waals surface area contributed by atoms with Gasteiger partial charge in [0.05, 0.1) is 25.3 Å². The lowest BCUT2D eigenvalue weighted by Gasteiger charge is -2.55. The van der Waals surface area contributed by atoms with Gasteiger partial charge in [0.2, 0.25) is 11.8 Å². The van der Waals surface area contributed by atoms with Gasteiger partial charge in [0.1, 0.15) is 23.8 Å². The van der Waals surface area contributed by atoms with Gasteiger partial charge in [-0.15, -0.1) is 6.58 Å². The number of rotatable bonds is 10. The second kappa shape index (κ2) is 15.5. The number of hydrogen-bond acceptors (Lipinski definition) is 9. The Hall–Kier alpha value is -5.12. The number of amides is 4. The van der Waals surface area contributed by atoms with E-state index in [4.69, 9.17) is 0 Å². The van der Waals surface area contributed by atoms with Crippen molar-refractivity contribution in [3.05, 3.63) is 102 Å². The molecule has 7 rings (SSSR count). The van der Waals surface area contributed by atoms with E-state index in [1.807, 2.05) is 35.2 Å². The Morgan fingerprint density at radius 2 is 1.75 bits per heavy atom. The zero-order valence-corrected chi connectivity index (χ0v) is 29.8. The minimum absolute atomic E-state index is 0.0319. The summed E-state index contributed by atoms with van der Waals surface area (Å²) < 4.78 is 30.4. The van der Waals surface area contributed by atoms with Crippen molar-refractivity contribution >= 4 is 23.7 Å². The van der Waals surface area contributed by atoms with Gasteiger partial charge in [-0.25, -0.2) is 28.6 Å². The first-order chi connectivity index (χ1) is 25.6. The molecule has 13 nitrogen and oxygen atoms in total. The van der Waals surface area contributed by atoms with Gasteiger partial charge < -0.3 is 30.0 Å². The normalized spacial score (nSPS) is 21.8. The van der Waals surface area contributed by atoms with Crippen LogP contribution in [0.25, 0.3) is 0 Å². The van der Waals surface area contributed by atoms with E-state index in [-0.39, 0.29) is 56.3 Å². The van der Waals surface area contributed by atoms with Crippen LogP contribution in [0, 0.1) is 11.6 Å². The lowest BCUT2D eigenvalue weighted by molar-refractivity contribution is -0.189. The van der Waals surface area contributed by atoms with E-state index in [1.54, 1.807) is 11.1 Å². The van der Waals surface area contributed by atoms with Crippen LogP contribution in [0.3, 0.4) is 0 Å². The maximum absolute atomic E-state index is 15.2. The first-order valence-corrected chi connectivity index (χ1v) is 18.0. The van der Waals surface area contributed by atoms with Crippen LogP contribution in [0.1, 0.15) is 16.8 Å². The average molecular weight is 730 g/mol. The van der Waals surface area contributed by atoms with E-state index in [0.29, 0.717) is 24.8 Å². The fourth-order valence-electron chi connectivity index (χ4n) is 7.63. The number of benzene rings is 2. The highest BCUT2D eigenvalue weighted by molar-refractivity contribution is 5.91. The van der Waals surface area contributed by atoms with E-state index in [2.05, 4.69) is 33.7 Å². The van der Waals surface area contributed by atoms with Crippen molar-refractivity contribution in [3.8, 4) is 5.75 Å². The third kappa shape index (κ3) is 7.68. The Kier molecular flexibility index (Phi) is 10.6. The topological polar surface area (TPSA) is 119 Å². The molecule has 0 radical (unpaired) electrons. The van der Waals surface area contributed by atoms with Crippen LogP contribution in [0.15, 0.2) is 73.3 Å². The first-order valence-electron chi connectivity index (χ1n) is 18.0. The van der Waals surface area contributed by atoms with Crippen molar-refractivity contribution in [2.75, 3.05) is 70.9 Å². The number of anilines is 1. The van der Waals surface area contributed by atoms with Gasteiger partial charge in [0, 0.05) is 70.9 Å². The lowest BCUT2D eigenvalue weighted by atomic mass is 9.98. The summed E-state index contributed by atoms with van der Waals surface area (Å²) in [6.45, 7) is 9.09. The molecule has 4 saturated heterocycles. The number of halogens is 2. The number of pyridine rings is 1. The Bertz CT molecular complexity index is 1840. The van der Waals surface area contributed by atoms with Gasteiger partial charge in [-0.2, -0.15) is 0 Å². The molecular formula is C38H45F2N9O4. The number of fused-ring (bicyclic) bond motifs is 1. The minimum Gasteiger partial charge on any atom is -0.508 e. The minimum atomic E-state index is -1.18. The molecule has 1 aromatic heterocycles. The standard InChI is InChI=1S/C38H45F2N9O4/c1-3-13-47-25-35(51)48-33(18-27-9-11-30(50)19-32(27)40)37(52)46(24-34(48)49(47)38(53)41-20-26-7-5-4-6-8-26)21-28-10-12-31(39)36(42-28)45-22-29(23-45)44-16-14-43(2)15-17-44/h3-12,19,29,33-34,50H,1,13-18,20-25H2,2H3,(H,41,53). The van der Waals surface area contributed by atoms with Gasteiger partial charge in [0.15, 0.2) is 11.6 Å². The molecule has 4 aliphatic rings. The highest BCUT2D eigenvalue weighted by Crippen LogP contribution is 2.31. The number of nitrogens with one attached hydrogen (secondary N) is 1. The molecule has 53 heavy (non-hydrogen) atoms. The van der Waals surface area contributed by atoms with E-state index in [9.17, 15) is 19.5 Å². The Morgan fingerprint density at radius 1 is 1.00 bits per heavy atom. The molecule has 2 aromatic carbocycles. The Morgan fingerprint density at radius 3 is 2.47 bits per heavy atom. The van der Waals surface area contributed by atoms with Crippen LogP contribution in [0.2, 0.25) is 0 Å². The van der Waals surface area contributed by atoms with Crippen LogP contribution in [0.5, 0.6) is 5.75 Å². The Labute approximate surface area is 307 Å². The molecule has 2 unspecified atom stereocenters. The number of urea groups is 1. The summed E-state index contributed by atoms with van der Waals surface area (Å²) >= 11 is 0. The van der Waals surface area contributed by atoms with Crippen LogP contribution >= 0.6 is 0 Å². The summed E-state index contributed by atoms with van der Waals surface area (Å²) in [4.78, 5) is 56.5. The molecule has 0 aliphatic carbocycles. The molecule has 5 heterocycles. The van der Waals surface area contributed by atoms with E-state index in [0.717, 1.165) is 37.8 Å². The number of nitrogens with zero attached hydrogens (tertiary/aromatic N) is 8. The summed E-state index contributed by atoms with van der Waals surface area (Å²) in [5, 5.41) is 15.8. The predicted octanol–water partition coefficient (Wildman–Crippen LogP) is 2.24. The second-order valence-corrected chi connectivity index (χ2v) is 14.1. The number of phenolic OH excluding ortho intramolecular Hbond substituents is 1. The molecule has 4 amide bonds. The van der Waals surface area contributed by atoms with Gasteiger partial charge in [0.25, 0.3) is 0 Å². The zero-order valence-electron chi connectivity index (χ0n) is 29.8. The van der Waals surface area contributed by atoms with Crippen molar-refractivity contribution in [2.24, 2.45) is 0 Å². The van der Waals surface area contributed by atoms with E-state index < -0.39 is 41.7 Å². The second-order valence-electron chi connectivity index (χ2n) is 14.1. The molecule has 280 valence electrons.